The number of aliphatic hydroxyl groups is 2. The fourth-order valence-corrected chi connectivity index (χ4v) is 8.05. The number of hydrogen-bond donors (Lipinski definition) is 2. The zero-order valence-corrected chi connectivity index (χ0v) is 18.4. The van der Waals surface area contributed by atoms with Crippen molar-refractivity contribution in [1.29, 1.82) is 0 Å². The first kappa shape index (κ1) is 21.4. The van der Waals surface area contributed by atoms with E-state index in [0.717, 1.165) is 0 Å². The van der Waals surface area contributed by atoms with Crippen LogP contribution in [0.15, 0.2) is 23.8 Å². The average molecular weight is 435 g/mol. The highest BCUT2D eigenvalue weighted by Crippen LogP contribution is 2.70. The summed E-state index contributed by atoms with van der Waals surface area (Å²) in [5.74, 6) is -2.28. The van der Waals surface area contributed by atoms with Gasteiger partial charge in [-0.1, -0.05) is 19.9 Å². The van der Waals surface area contributed by atoms with Gasteiger partial charge in [-0.25, -0.2) is 4.39 Å². The first-order valence-electron chi connectivity index (χ1n) is 11.2. The molecule has 4 fully saturated rings. The number of halogens is 1. The molecule has 1 heterocycles. The van der Waals surface area contributed by atoms with Crippen LogP contribution < -0.4 is 0 Å². The van der Waals surface area contributed by atoms with E-state index in [1.807, 2.05) is 13.8 Å². The van der Waals surface area contributed by atoms with Crippen LogP contribution in [0.1, 0.15) is 47.0 Å². The molecule has 0 amide bonds. The molecule has 1 aliphatic heterocycles. The third-order valence-electron chi connectivity index (χ3n) is 9.03. The first-order chi connectivity index (χ1) is 14.4. The van der Waals surface area contributed by atoms with Crippen molar-refractivity contribution in [2.24, 2.45) is 28.6 Å². The quantitative estimate of drug-likeness (QED) is 0.693. The van der Waals surface area contributed by atoms with E-state index in [-0.39, 0.29) is 36.4 Å². The van der Waals surface area contributed by atoms with Gasteiger partial charge in [-0.05, 0) is 62.7 Å². The van der Waals surface area contributed by atoms with Crippen LogP contribution in [0.2, 0.25) is 0 Å². The summed E-state index contributed by atoms with van der Waals surface area (Å²) < 4.78 is 27.9. The van der Waals surface area contributed by atoms with Crippen LogP contribution >= 0.6 is 0 Å². The molecule has 0 aromatic rings. The smallest absolute Gasteiger partial charge is 0.193 e. The Morgan fingerprint density at radius 1 is 1.26 bits per heavy atom. The van der Waals surface area contributed by atoms with Crippen LogP contribution in [0.3, 0.4) is 0 Å². The van der Waals surface area contributed by atoms with E-state index in [9.17, 15) is 19.8 Å². The number of alkyl halides is 1. The van der Waals surface area contributed by atoms with Crippen LogP contribution in [0.5, 0.6) is 0 Å². The summed E-state index contributed by atoms with van der Waals surface area (Å²) in [6.45, 7) is 6.65. The van der Waals surface area contributed by atoms with E-state index in [1.54, 1.807) is 19.9 Å². The van der Waals surface area contributed by atoms with Gasteiger partial charge in [0.1, 0.15) is 12.8 Å². The number of carbonyl (C=O) groups is 2. The molecule has 170 valence electrons. The van der Waals surface area contributed by atoms with Crippen molar-refractivity contribution >= 4 is 11.6 Å². The Bertz CT molecular complexity index is 910. The van der Waals surface area contributed by atoms with Gasteiger partial charge >= 0.3 is 0 Å². The largest absolute Gasteiger partial charge is 0.393 e. The Morgan fingerprint density at radius 3 is 2.65 bits per heavy atom. The third kappa shape index (κ3) is 2.52. The molecular weight excluding hydrogens is 403 g/mol. The lowest BCUT2D eigenvalue weighted by atomic mass is 9.46. The Hall–Kier alpha value is -1.41. The SMILES string of the molecule is CC1(C)O[C@H]2C[C@@H]3[C@H]4C[C@H](F)C5=CC(=O)C=C[C@]5(C)[C@@H]4[C@@H](O)C[C@@]3(C)[C@@]2(C(=O)CO)O1. The molecule has 4 aliphatic carbocycles. The second kappa shape index (κ2) is 6.34. The van der Waals surface area contributed by atoms with Gasteiger partial charge in [0.05, 0.1) is 12.2 Å². The third-order valence-corrected chi connectivity index (χ3v) is 9.03. The molecule has 31 heavy (non-hydrogen) atoms. The molecule has 5 aliphatic rings. The molecule has 0 bridgehead atoms. The number of ketones is 2. The monoisotopic (exact) mass is 434 g/mol. The van der Waals surface area contributed by atoms with Crippen molar-refractivity contribution in [2.45, 2.75) is 76.7 Å². The predicted molar refractivity (Wildman–Crippen MR) is 109 cm³/mol. The molecule has 2 N–H and O–H groups in total. The van der Waals surface area contributed by atoms with E-state index < -0.39 is 53.0 Å². The van der Waals surface area contributed by atoms with Crippen LogP contribution in [-0.2, 0) is 19.1 Å². The maximum atomic E-state index is 15.4. The van der Waals surface area contributed by atoms with Gasteiger partial charge in [0.2, 0.25) is 0 Å². The fourth-order valence-electron chi connectivity index (χ4n) is 8.05. The molecular formula is C24H31FO6. The van der Waals surface area contributed by atoms with Crippen molar-refractivity contribution in [3.05, 3.63) is 23.8 Å². The summed E-state index contributed by atoms with van der Waals surface area (Å²) in [5.41, 5.74) is -2.50. The minimum absolute atomic E-state index is 0.125. The molecule has 7 heteroatoms. The average Bonchev–Trinajstić information content (AvgIpc) is 3.08. The molecule has 5 rings (SSSR count). The molecule has 0 spiro atoms. The van der Waals surface area contributed by atoms with Crippen molar-refractivity contribution in [3.8, 4) is 0 Å². The van der Waals surface area contributed by atoms with Crippen molar-refractivity contribution in [1.82, 2.24) is 0 Å². The van der Waals surface area contributed by atoms with E-state index >= 15 is 4.39 Å². The minimum atomic E-state index is -1.37. The molecule has 0 aromatic carbocycles. The second-order valence-electron chi connectivity index (χ2n) is 11.0. The van der Waals surface area contributed by atoms with Crippen LogP contribution in [0.25, 0.3) is 0 Å². The number of carbonyl (C=O) groups excluding carboxylic acids is 2. The van der Waals surface area contributed by atoms with Gasteiger partial charge in [0.15, 0.2) is 23.0 Å². The minimum Gasteiger partial charge on any atom is -0.393 e. The Labute approximate surface area is 181 Å². The number of fused-ring (bicyclic) bond motifs is 7. The number of ether oxygens (including phenoxy) is 2. The molecule has 0 aromatic heterocycles. The number of Topliss-reactive ketones (excluding diaryl/α,β-unsaturated/α-hetero) is 1. The topological polar surface area (TPSA) is 93.1 Å². The zero-order valence-electron chi connectivity index (χ0n) is 18.4. The lowest BCUT2D eigenvalue weighted by molar-refractivity contribution is -0.226. The molecule has 0 unspecified atom stereocenters. The van der Waals surface area contributed by atoms with Crippen molar-refractivity contribution in [3.63, 3.8) is 0 Å². The van der Waals surface area contributed by atoms with Gasteiger partial charge in [-0.2, -0.15) is 0 Å². The lowest BCUT2D eigenvalue weighted by Crippen LogP contribution is -2.64. The van der Waals surface area contributed by atoms with Gasteiger partial charge in [0, 0.05) is 16.7 Å². The molecule has 3 saturated carbocycles. The molecule has 1 saturated heterocycles. The van der Waals surface area contributed by atoms with E-state index in [0.29, 0.717) is 12.0 Å². The van der Waals surface area contributed by atoms with Crippen molar-refractivity contribution in [2.75, 3.05) is 6.61 Å². The van der Waals surface area contributed by atoms with E-state index in [4.69, 9.17) is 9.47 Å². The standard InChI is InChI=1S/C24H31FO6/c1-21(2)30-19-9-14-13-8-16(25)15-7-12(27)5-6-22(15,3)20(13)17(28)10-23(14,4)24(19,31-21)18(29)11-26/h5-7,13-14,16-17,19-20,26,28H,8-11H2,1-4H3/t13-,14-,16+,17+,19+,20+,22+,23-,24+/m1/s1. The molecule has 6 nitrogen and oxygen atoms in total. The summed E-state index contributed by atoms with van der Waals surface area (Å²) in [4.78, 5) is 25.1. The maximum Gasteiger partial charge on any atom is 0.193 e. The Balaban J connectivity index is 1.62. The number of hydrogen-bond acceptors (Lipinski definition) is 6. The highest BCUT2D eigenvalue weighted by Gasteiger charge is 2.77. The van der Waals surface area contributed by atoms with Crippen LogP contribution in [0, 0.1) is 28.6 Å². The van der Waals surface area contributed by atoms with Gasteiger partial charge in [-0.3, -0.25) is 9.59 Å². The number of aliphatic hydroxyl groups excluding tert-OH is 2. The predicted octanol–water partition coefficient (Wildman–Crippen LogP) is 2.27. The van der Waals surface area contributed by atoms with Crippen LogP contribution in [-0.4, -0.2) is 58.2 Å². The normalized spacial score (nSPS) is 52.1. The summed E-state index contributed by atoms with van der Waals surface area (Å²) in [7, 11) is 0. The van der Waals surface area contributed by atoms with E-state index in [1.165, 1.54) is 12.2 Å². The highest BCUT2D eigenvalue weighted by molar-refractivity contribution is 6.01. The maximum absolute atomic E-state index is 15.4. The lowest BCUT2D eigenvalue weighted by Gasteiger charge is -2.60. The van der Waals surface area contributed by atoms with Gasteiger partial charge in [0.25, 0.3) is 0 Å². The Kier molecular flexibility index (Phi) is 4.38. The zero-order chi connectivity index (χ0) is 22.6. The second-order valence-corrected chi connectivity index (χ2v) is 11.0. The first-order valence-corrected chi connectivity index (χ1v) is 11.2. The summed E-state index contributed by atoms with van der Waals surface area (Å²) in [6.07, 6.45) is 2.90. The molecule has 0 radical (unpaired) electrons. The van der Waals surface area contributed by atoms with Crippen LogP contribution in [0.4, 0.5) is 4.39 Å². The molecule has 9 atom stereocenters. The van der Waals surface area contributed by atoms with E-state index in [2.05, 4.69) is 0 Å². The summed E-state index contributed by atoms with van der Waals surface area (Å²) >= 11 is 0. The van der Waals surface area contributed by atoms with Crippen molar-refractivity contribution < 1.29 is 33.7 Å². The fraction of sp³-hybridized carbons (Fsp3) is 0.750. The van der Waals surface area contributed by atoms with Gasteiger partial charge < -0.3 is 19.7 Å². The number of rotatable bonds is 2. The number of allylic oxidation sites excluding steroid dienone is 4. The summed E-state index contributed by atoms with van der Waals surface area (Å²) in [6, 6.07) is 0. The van der Waals surface area contributed by atoms with Gasteiger partial charge in [-0.15, -0.1) is 0 Å². The highest BCUT2D eigenvalue weighted by atomic mass is 19.1. The summed E-state index contributed by atoms with van der Waals surface area (Å²) in [5, 5.41) is 21.3. The Morgan fingerprint density at radius 2 is 1.97 bits per heavy atom.